The van der Waals surface area contributed by atoms with E-state index in [9.17, 15) is 4.79 Å². The third-order valence-electron chi connectivity index (χ3n) is 4.78. The van der Waals surface area contributed by atoms with Crippen LogP contribution in [0.15, 0.2) is 30.3 Å². The molecule has 1 aromatic heterocycles. The van der Waals surface area contributed by atoms with Gasteiger partial charge in [0.05, 0.1) is 12.2 Å². The molecule has 0 spiro atoms. The topological polar surface area (TPSA) is 55.3 Å². The SMILES string of the molecule is CN(C(=O)CC1CC2CCC1O2)c1nc(-c2ccccc2)ns1. The molecule has 0 aliphatic carbocycles. The molecular formula is C17H19N3O2S. The molecule has 23 heavy (non-hydrogen) atoms. The number of aromatic nitrogens is 2. The summed E-state index contributed by atoms with van der Waals surface area (Å²) in [6.45, 7) is 0. The summed E-state index contributed by atoms with van der Waals surface area (Å²) in [5.41, 5.74) is 0.970. The van der Waals surface area contributed by atoms with E-state index in [-0.39, 0.29) is 12.0 Å². The van der Waals surface area contributed by atoms with Crippen molar-refractivity contribution in [3.8, 4) is 11.4 Å². The summed E-state index contributed by atoms with van der Waals surface area (Å²) in [7, 11) is 1.78. The third kappa shape index (κ3) is 2.88. The number of hydrogen-bond donors (Lipinski definition) is 0. The minimum Gasteiger partial charge on any atom is -0.375 e. The third-order valence-corrected chi connectivity index (χ3v) is 5.57. The number of anilines is 1. The van der Waals surface area contributed by atoms with Crippen molar-refractivity contribution in [2.24, 2.45) is 5.92 Å². The predicted molar refractivity (Wildman–Crippen MR) is 89.4 cm³/mol. The van der Waals surface area contributed by atoms with Gasteiger partial charge < -0.3 is 4.74 Å². The smallest absolute Gasteiger partial charge is 0.228 e. The lowest BCUT2D eigenvalue weighted by atomic mass is 9.86. The van der Waals surface area contributed by atoms with Crippen LogP contribution in [0.25, 0.3) is 11.4 Å². The van der Waals surface area contributed by atoms with Gasteiger partial charge in [-0.05, 0) is 25.2 Å². The number of benzene rings is 1. The number of rotatable bonds is 4. The van der Waals surface area contributed by atoms with Gasteiger partial charge in [0.15, 0.2) is 5.82 Å². The Bertz CT molecular complexity index is 703. The van der Waals surface area contributed by atoms with Crippen LogP contribution in [0.3, 0.4) is 0 Å². The second-order valence-corrected chi connectivity index (χ2v) is 7.02. The second-order valence-electron chi connectivity index (χ2n) is 6.29. The number of amides is 1. The molecule has 3 unspecified atom stereocenters. The maximum absolute atomic E-state index is 12.5. The Balaban J connectivity index is 1.43. The lowest BCUT2D eigenvalue weighted by Crippen LogP contribution is -2.30. The highest BCUT2D eigenvalue weighted by molar-refractivity contribution is 7.10. The molecule has 2 saturated heterocycles. The molecule has 1 amide bonds. The van der Waals surface area contributed by atoms with Crippen molar-refractivity contribution in [3.05, 3.63) is 30.3 Å². The molecule has 5 nitrogen and oxygen atoms in total. The second kappa shape index (κ2) is 6.02. The predicted octanol–water partition coefficient (Wildman–Crippen LogP) is 3.13. The number of carbonyl (C=O) groups is 1. The molecular weight excluding hydrogens is 310 g/mol. The Kier molecular flexibility index (Phi) is 3.87. The molecule has 2 aliphatic rings. The number of nitrogens with zero attached hydrogens (tertiary/aromatic N) is 3. The summed E-state index contributed by atoms with van der Waals surface area (Å²) in [4.78, 5) is 18.7. The van der Waals surface area contributed by atoms with Gasteiger partial charge in [0.1, 0.15) is 0 Å². The molecule has 2 fully saturated rings. The van der Waals surface area contributed by atoms with Crippen LogP contribution in [-0.2, 0) is 9.53 Å². The first-order valence-corrected chi connectivity index (χ1v) is 8.79. The van der Waals surface area contributed by atoms with Crippen molar-refractivity contribution in [3.63, 3.8) is 0 Å². The van der Waals surface area contributed by atoms with Crippen molar-refractivity contribution in [1.82, 2.24) is 9.36 Å². The van der Waals surface area contributed by atoms with E-state index in [1.165, 1.54) is 11.5 Å². The quantitative estimate of drug-likeness (QED) is 0.865. The van der Waals surface area contributed by atoms with Crippen molar-refractivity contribution < 1.29 is 9.53 Å². The number of carbonyl (C=O) groups excluding carboxylic acids is 1. The first-order chi connectivity index (χ1) is 11.2. The van der Waals surface area contributed by atoms with Gasteiger partial charge in [-0.3, -0.25) is 9.69 Å². The Labute approximate surface area is 139 Å². The minimum absolute atomic E-state index is 0.0990. The largest absolute Gasteiger partial charge is 0.375 e. The Hall–Kier alpha value is -1.79. The van der Waals surface area contributed by atoms with Crippen LogP contribution in [0.1, 0.15) is 25.7 Å². The van der Waals surface area contributed by atoms with E-state index < -0.39 is 0 Å². The fourth-order valence-corrected chi connectivity index (χ4v) is 4.15. The van der Waals surface area contributed by atoms with Gasteiger partial charge in [0, 0.05) is 30.6 Å². The lowest BCUT2D eigenvalue weighted by Gasteiger charge is -2.20. The van der Waals surface area contributed by atoms with Gasteiger partial charge in [-0.2, -0.15) is 9.36 Å². The summed E-state index contributed by atoms with van der Waals surface area (Å²) in [6.07, 6.45) is 4.49. The van der Waals surface area contributed by atoms with Crippen molar-refractivity contribution in [1.29, 1.82) is 0 Å². The van der Waals surface area contributed by atoms with Gasteiger partial charge in [-0.1, -0.05) is 30.3 Å². The Morgan fingerprint density at radius 1 is 1.35 bits per heavy atom. The van der Waals surface area contributed by atoms with Gasteiger partial charge >= 0.3 is 0 Å². The number of hydrogen-bond acceptors (Lipinski definition) is 5. The van der Waals surface area contributed by atoms with Gasteiger partial charge in [0.25, 0.3) is 0 Å². The highest BCUT2D eigenvalue weighted by Gasteiger charge is 2.41. The molecule has 0 saturated carbocycles. The van der Waals surface area contributed by atoms with Crippen LogP contribution in [0.2, 0.25) is 0 Å². The molecule has 3 atom stereocenters. The Morgan fingerprint density at radius 3 is 2.87 bits per heavy atom. The molecule has 0 radical (unpaired) electrons. The van der Waals surface area contributed by atoms with Crippen molar-refractivity contribution in [2.75, 3.05) is 11.9 Å². The van der Waals surface area contributed by atoms with E-state index in [2.05, 4.69) is 9.36 Å². The van der Waals surface area contributed by atoms with E-state index in [1.807, 2.05) is 30.3 Å². The zero-order valence-corrected chi connectivity index (χ0v) is 13.8. The molecule has 3 heterocycles. The molecule has 120 valence electrons. The van der Waals surface area contributed by atoms with Crippen LogP contribution >= 0.6 is 11.5 Å². The summed E-state index contributed by atoms with van der Waals surface area (Å²) < 4.78 is 10.2. The average molecular weight is 329 g/mol. The minimum atomic E-state index is 0.0990. The molecule has 0 N–H and O–H groups in total. The molecule has 2 aliphatic heterocycles. The number of ether oxygens (including phenoxy) is 1. The molecule has 4 rings (SSSR count). The van der Waals surface area contributed by atoms with E-state index >= 15 is 0 Å². The van der Waals surface area contributed by atoms with Crippen LogP contribution in [-0.4, -0.2) is 34.5 Å². The van der Waals surface area contributed by atoms with Crippen molar-refractivity contribution >= 4 is 22.6 Å². The monoisotopic (exact) mass is 329 g/mol. The van der Waals surface area contributed by atoms with Crippen LogP contribution < -0.4 is 4.90 Å². The van der Waals surface area contributed by atoms with Gasteiger partial charge in [0.2, 0.25) is 11.0 Å². The average Bonchev–Trinajstić information content (AvgIpc) is 3.31. The first kappa shape index (κ1) is 14.8. The van der Waals surface area contributed by atoms with Gasteiger partial charge in [-0.25, -0.2) is 0 Å². The highest BCUT2D eigenvalue weighted by atomic mass is 32.1. The summed E-state index contributed by atoms with van der Waals surface area (Å²) in [5, 5.41) is 0.651. The van der Waals surface area contributed by atoms with E-state index in [0.717, 1.165) is 24.8 Å². The van der Waals surface area contributed by atoms with E-state index in [0.29, 0.717) is 29.4 Å². The normalized spacial score (nSPS) is 25.7. The summed E-state index contributed by atoms with van der Waals surface area (Å²) in [6, 6.07) is 9.82. The molecule has 2 aromatic rings. The number of fused-ring (bicyclic) bond motifs is 2. The van der Waals surface area contributed by atoms with Crippen LogP contribution in [0.4, 0.5) is 5.13 Å². The fraction of sp³-hybridized carbons (Fsp3) is 0.471. The lowest BCUT2D eigenvalue weighted by molar-refractivity contribution is -0.119. The first-order valence-electron chi connectivity index (χ1n) is 8.02. The maximum atomic E-state index is 12.5. The summed E-state index contributed by atoms with van der Waals surface area (Å²) >= 11 is 1.27. The maximum Gasteiger partial charge on any atom is 0.228 e. The molecule has 6 heteroatoms. The zero-order valence-electron chi connectivity index (χ0n) is 13.0. The Morgan fingerprint density at radius 2 is 2.17 bits per heavy atom. The van der Waals surface area contributed by atoms with Crippen LogP contribution in [0, 0.1) is 5.92 Å². The highest BCUT2D eigenvalue weighted by Crippen LogP contribution is 2.40. The van der Waals surface area contributed by atoms with Crippen LogP contribution in [0.5, 0.6) is 0 Å². The summed E-state index contributed by atoms with van der Waals surface area (Å²) in [5.74, 6) is 1.14. The van der Waals surface area contributed by atoms with E-state index in [4.69, 9.17) is 4.74 Å². The molecule has 2 bridgehead atoms. The van der Waals surface area contributed by atoms with E-state index in [1.54, 1.807) is 11.9 Å². The zero-order chi connectivity index (χ0) is 15.8. The standard InChI is InChI=1S/C17H19N3O2S/c1-20(15(21)10-12-9-13-7-8-14(12)22-13)17-18-16(19-23-17)11-5-3-2-4-6-11/h2-6,12-14H,7-10H2,1H3. The molecule has 1 aromatic carbocycles. The fourth-order valence-electron chi connectivity index (χ4n) is 3.48. The van der Waals surface area contributed by atoms with Gasteiger partial charge in [-0.15, -0.1) is 0 Å². The van der Waals surface area contributed by atoms with Crippen molar-refractivity contribution in [2.45, 2.75) is 37.9 Å².